The lowest BCUT2D eigenvalue weighted by Gasteiger charge is -2.11. The summed E-state index contributed by atoms with van der Waals surface area (Å²) in [4.78, 5) is 2.09. The van der Waals surface area contributed by atoms with Gasteiger partial charge in [-0.25, -0.2) is 0 Å². The van der Waals surface area contributed by atoms with Crippen LogP contribution >= 0.6 is 11.3 Å². The van der Waals surface area contributed by atoms with Crippen molar-refractivity contribution in [2.75, 3.05) is 0 Å². The molecule has 0 aliphatic carbocycles. The van der Waals surface area contributed by atoms with E-state index in [0.717, 1.165) is 24.2 Å². The monoisotopic (exact) mass is 323 g/mol. The molecule has 0 radical (unpaired) electrons. The fourth-order valence-electron chi connectivity index (χ4n) is 2.70. The first-order valence-electron chi connectivity index (χ1n) is 7.93. The Morgan fingerprint density at radius 2 is 1.57 bits per heavy atom. The first-order valence-corrected chi connectivity index (χ1v) is 8.75. The van der Waals surface area contributed by atoms with Gasteiger partial charge in [-0.05, 0) is 17.5 Å². The van der Waals surface area contributed by atoms with Gasteiger partial charge in [-0.1, -0.05) is 85.3 Å². The van der Waals surface area contributed by atoms with Gasteiger partial charge in [-0.2, -0.15) is 5.10 Å². The molecule has 1 heterocycles. The first kappa shape index (κ1) is 15.6. The van der Waals surface area contributed by atoms with E-state index in [0.29, 0.717) is 0 Å². The highest BCUT2D eigenvalue weighted by Gasteiger charge is 2.16. The highest BCUT2D eigenvalue weighted by atomic mass is 32.1. The van der Waals surface area contributed by atoms with E-state index in [2.05, 4.69) is 65.1 Å². The summed E-state index contributed by atoms with van der Waals surface area (Å²) in [6.07, 6.45) is 2.25. The van der Waals surface area contributed by atoms with Crippen molar-refractivity contribution in [2.24, 2.45) is 10.9 Å². The number of thiazole rings is 1. The standard InChI is InChI=1S/C19H21N3S/c1-2-3-14-22-17(15-10-6-4-7-11-15)18(23-19(22)21-20)16-12-8-5-9-13-16/h4-13H,2-3,14,20H2,1H3. The molecule has 0 amide bonds. The normalized spacial score (nSPS) is 11.8. The van der Waals surface area contributed by atoms with Crippen molar-refractivity contribution >= 4 is 11.3 Å². The van der Waals surface area contributed by atoms with Crippen LogP contribution in [-0.2, 0) is 6.54 Å². The Bertz CT molecular complexity index is 817. The molecule has 0 saturated heterocycles. The molecule has 4 heteroatoms. The van der Waals surface area contributed by atoms with Crippen LogP contribution in [0, 0.1) is 0 Å². The summed E-state index contributed by atoms with van der Waals surface area (Å²) in [5, 5.41) is 4.04. The van der Waals surface area contributed by atoms with Gasteiger partial charge >= 0.3 is 0 Å². The summed E-state index contributed by atoms with van der Waals surface area (Å²) in [7, 11) is 0. The maximum atomic E-state index is 5.68. The number of hydrogen-bond acceptors (Lipinski definition) is 3. The summed E-state index contributed by atoms with van der Waals surface area (Å²) < 4.78 is 2.26. The van der Waals surface area contributed by atoms with Gasteiger partial charge in [0, 0.05) is 6.54 Å². The molecule has 0 unspecified atom stereocenters. The number of benzene rings is 2. The minimum Gasteiger partial charge on any atom is -0.320 e. The lowest BCUT2D eigenvalue weighted by Crippen LogP contribution is -2.17. The maximum absolute atomic E-state index is 5.68. The van der Waals surface area contributed by atoms with Crippen LogP contribution in [0.4, 0.5) is 0 Å². The molecule has 0 aliphatic rings. The van der Waals surface area contributed by atoms with Crippen LogP contribution in [0.2, 0.25) is 0 Å². The molecule has 2 N–H and O–H groups in total. The van der Waals surface area contributed by atoms with Gasteiger partial charge < -0.3 is 10.4 Å². The number of nitrogens with zero attached hydrogens (tertiary/aromatic N) is 2. The number of hydrogen-bond donors (Lipinski definition) is 1. The van der Waals surface area contributed by atoms with Gasteiger partial charge in [0.2, 0.25) is 4.80 Å². The summed E-state index contributed by atoms with van der Waals surface area (Å²) in [6.45, 7) is 3.13. The molecular weight excluding hydrogens is 302 g/mol. The zero-order chi connectivity index (χ0) is 16.1. The number of nitrogens with two attached hydrogens (primary N) is 1. The van der Waals surface area contributed by atoms with E-state index < -0.39 is 0 Å². The van der Waals surface area contributed by atoms with Crippen molar-refractivity contribution in [3.63, 3.8) is 0 Å². The first-order chi connectivity index (χ1) is 11.3. The highest BCUT2D eigenvalue weighted by Crippen LogP contribution is 2.34. The number of rotatable bonds is 5. The minimum atomic E-state index is 0.871. The zero-order valence-electron chi connectivity index (χ0n) is 13.3. The molecule has 3 aromatic rings. The Morgan fingerprint density at radius 3 is 2.13 bits per heavy atom. The molecular formula is C19H21N3S. The van der Waals surface area contributed by atoms with E-state index in [9.17, 15) is 0 Å². The summed E-state index contributed by atoms with van der Waals surface area (Å²) >= 11 is 1.66. The quantitative estimate of drug-likeness (QED) is 0.547. The molecule has 3 nitrogen and oxygen atoms in total. The Balaban J connectivity index is 2.26. The van der Waals surface area contributed by atoms with Crippen molar-refractivity contribution in [1.82, 2.24) is 4.57 Å². The van der Waals surface area contributed by atoms with Crippen LogP contribution in [0.25, 0.3) is 21.7 Å². The molecule has 0 saturated carbocycles. The average Bonchev–Trinajstić information content (AvgIpc) is 3.00. The van der Waals surface area contributed by atoms with E-state index in [-0.39, 0.29) is 0 Å². The number of unbranched alkanes of at least 4 members (excludes halogenated alkanes) is 1. The number of aromatic nitrogens is 1. The molecule has 0 atom stereocenters. The summed E-state index contributed by atoms with van der Waals surface area (Å²) in [6, 6.07) is 21.0. The Morgan fingerprint density at radius 1 is 0.957 bits per heavy atom. The van der Waals surface area contributed by atoms with Gasteiger partial charge in [0.1, 0.15) is 0 Å². The van der Waals surface area contributed by atoms with Crippen LogP contribution in [0.15, 0.2) is 65.8 Å². The molecule has 1 aromatic heterocycles. The predicted molar refractivity (Wildman–Crippen MR) is 97.8 cm³/mol. The van der Waals surface area contributed by atoms with E-state index in [1.165, 1.54) is 21.7 Å². The highest BCUT2D eigenvalue weighted by molar-refractivity contribution is 7.13. The van der Waals surface area contributed by atoms with E-state index in [1.54, 1.807) is 11.3 Å². The van der Waals surface area contributed by atoms with Crippen LogP contribution in [0.3, 0.4) is 0 Å². The van der Waals surface area contributed by atoms with E-state index in [4.69, 9.17) is 5.84 Å². The van der Waals surface area contributed by atoms with Gasteiger partial charge in [-0.15, -0.1) is 0 Å². The Kier molecular flexibility index (Phi) is 4.93. The average molecular weight is 323 g/mol. The topological polar surface area (TPSA) is 43.3 Å². The third-order valence-electron chi connectivity index (χ3n) is 3.84. The minimum absolute atomic E-state index is 0.871. The molecule has 0 fully saturated rings. The van der Waals surface area contributed by atoms with Gasteiger partial charge in [-0.3, -0.25) is 0 Å². The largest absolute Gasteiger partial charge is 0.320 e. The van der Waals surface area contributed by atoms with Crippen LogP contribution < -0.4 is 10.6 Å². The molecule has 118 valence electrons. The van der Waals surface area contributed by atoms with Gasteiger partial charge in [0.05, 0.1) is 10.6 Å². The van der Waals surface area contributed by atoms with Crippen molar-refractivity contribution in [3.8, 4) is 21.7 Å². The van der Waals surface area contributed by atoms with E-state index >= 15 is 0 Å². The Hall–Kier alpha value is -2.33. The SMILES string of the molecule is CCCCn1c(-c2ccccc2)c(-c2ccccc2)sc1=NN. The molecule has 23 heavy (non-hydrogen) atoms. The molecule has 2 aromatic carbocycles. The third-order valence-corrected chi connectivity index (χ3v) is 4.98. The van der Waals surface area contributed by atoms with Crippen LogP contribution in [0.1, 0.15) is 19.8 Å². The van der Waals surface area contributed by atoms with Crippen molar-refractivity contribution in [3.05, 3.63) is 65.5 Å². The smallest absolute Gasteiger partial charge is 0.208 e. The fraction of sp³-hybridized carbons (Fsp3) is 0.211. The molecule has 0 bridgehead atoms. The lowest BCUT2D eigenvalue weighted by molar-refractivity contribution is 0.621. The second-order valence-electron chi connectivity index (χ2n) is 5.43. The van der Waals surface area contributed by atoms with Gasteiger partial charge in [0.25, 0.3) is 0 Å². The Labute approximate surface area is 140 Å². The second-order valence-corrected chi connectivity index (χ2v) is 6.41. The maximum Gasteiger partial charge on any atom is 0.208 e. The van der Waals surface area contributed by atoms with Crippen molar-refractivity contribution in [1.29, 1.82) is 0 Å². The lowest BCUT2D eigenvalue weighted by atomic mass is 10.1. The van der Waals surface area contributed by atoms with Crippen LogP contribution in [0.5, 0.6) is 0 Å². The van der Waals surface area contributed by atoms with Gasteiger partial charge in [0.15, 0.2) is 0 Å². The van der Waals surface area contributed by atoms with Crippen LogP contribution in [-0.4, -0.2) is 4.57 Å². The second kappa shape index (κ2) is 7.29. The molecule has 3 rings (SSSR count). The van der Waals surface area contributed by atoms with Crippen molar-refractivity contribution < 1.29 is 0 Å². The molecule has 0 aliphatic heterocycles. The van der Waals surface area contributed by atoms with E-state index in [1.807, 2.05) is 12.1 Å². The summed E-state index contributed by atoms with van der Waals surface area (Å²) in [5.74, 6) is 5.68. The zero-order valence-corrected chi connectivity index (χ0v) is 14.1. The molecule has 0 spiro atoms. The fourth-order valence-corrected chi connectivity index (χ4v) is 3.81. The predicted octanol–water partition coefficient (Wildman–Crippen LogP) is 4.46. The van der Waals surface area contributed by atoms with Crippen molar-refractivity contribution in [2.45, 2.75) is 26.3 Å². The third kappa shape index (κ3) is 3.22. The summed E-state index contributed by atoms with van der Waals surface area (Å²) in [5.41, 5.74) is 3.62.